The Balaban J connectivity index is 3.38. The van der Waals surface area contributed by atoms with E-state index in [1.165, 1.54) is 12.1 Å². The van der Waals surface area contributed by atoms with Crippen LogP contribution in [0.3, 0.4) is 0 Å². The van der Waals surface area contributed by atoms with Crippen molar-refractivity contribution in [1.82, 2.24) is 4.31 Å². The van der Waals surface area contributed by atoms with Gasteiger partial charge in [-0.2, -0.15) is 4.31 Å². The second-order valence-corrected chi connectivity index (χ2v) is 7.73. The lowest BCUT2D eigenvalue weighted by Crippen LogP contribution is -2.37. The Morgan fingerprint density at radius 3 is 2.26 bits per heavy atom. The molecule has 0 aromatic heterocycles. The van der Waals surface area contributed by atoms with Gasteiger partial charge in [0.05, 0.1) is 21.6 Å². The van der Waals surface area contributed by atoms with Gasteiger partial charge in [0.1, 0.15) is 4.90 Å². The number of sulfonamides is 1. The van der Waals surface area contributed by atoms with Crippen LogP contribution in [0, 0.1) is 0 Å². The van der Waals surface area contributed by atoms with Crippen LogP contribution in [-0.4, -0.2) is 30.8 Å². The number of thiocarbonyl (C=S) groups is 1. The summed E-state index contributed by atoms with van der Waals surface area (Å²) in [7, 11) is -3.84. The number of rotatable bonds is 5. The lowest BCUT2D eigenvalue weighted by Gasteiger charge is -2.21. The highest BCUT2D eigenvalue weighted by atomic mass is 79.9. The van der Waals surface area contributed by atoms with Crippen LogP contribution in [0.4, 0.5) is 0 Å². The first kappa shape index (κ1) is 17.1. The Labute approximate surface area is 136 Å². The standard InChI is InChI=1S/C10H11BrCl2N2O2S2/c1-2-15(5-9(14)18)19(16,17)10-7(12)3-6(11)4-8(10)13/h3-4H,2,5H2,1H3,(H2,14,18). The van der Waals surface area contributed by atoms with Crippen molar-refractivity contribution in [2.45, 2.75) is 11.8 Å². The summed E-state index contributed by atoms with van der Waals surface area (Å²) in [6.45, 7) is 1.83. The minimum atomic E-state index is -3.84. The maximum Gasteiger partial charge on any atom is 0.246 e. The van der Waals surface area contributed by atoms with Gasteiger partial charge in [0.25, 0.3) is 0 Å². The number of hydrogen-bond donors (Lipinski definition) is 1. The number of benzene rings is 1. The molecule has 0 saturated carbocycles. The van der Waals surface area contributed by atoms with Crippen molar-refractivity contribution in [3.8, 4) is 0 Å². The summed E-state index contributed by atoms with van der Waals surface area (Å²) in [4.78, 5) is -0.0630. The quantitative estimate of drug-likeness (QED) is 0.764. The topological polar surface area (TPSA) is 63.4 Å². The molecule has 9 heteroatoms. The summed E-state index contributed by atoms with van der Waals surface area (Å²) >= 11 is 19.9. The molecule has 0 radical (unpaired) electrons. The predicted octanol–water partition coefficient (Wildman–Crippen LogP) is 3.05. The molecular formula is C10H11BrCl2N2O2S2. The van der Waals surface area contributed by atoms with Gasteiger partial charge in [-0.05, 0) is 12.1 Å². The van der Waals surface area contributed by atoms with Gasteiger partial charge in [0.15, 0.2) is 0 Å². The summed E-state index contributed by atoms with van der Waals surface area (Å²) in [5, 5.41) is 0.0847. The molecule has 1 aromatic rings. The SMILES string of the molecule is CCN(CC(N)=S)S(=O)(=O)c1c(Cl)cc(Br)cc1Cl. The van der Waals surface area contributed by atoms with E-state index in [-0.39, 0.29) is 33.0 Å². The van der Waals surface area contributed by atoms with Gasteiger partial charge < -0.3 is 5.73 Å². The van der Waals surface area contributed by atoms with Gasteiger partial charge in [-0.3, -0.25) is 0 Å². The van der Waals surface area contributed by atoms with E-state index in [9.17, 15) is 8.42 Å². The summed E-state index contributed by atoms with van der Waals surface area (Å²) in [6.07, 6.45) is 0. The highest BCUT2D eigenvalue weighted by molar-refractivity contribution is 9.10. The fraction of sp³-hybridized carbons (Fsp3) is 0.300. The lowest BCUT2D eigenvalue weighted by atomic mass is 10.4. The summed E-state index contributed by atoms with van der Waals surface area (Å²) < 4.78 is 26.7. The van der Waals surface area contributed by atoms with Gasteiger partial charge in [-0.25, -0.2) is 8.42 Å². The van der Waals surface area contributed by atoms with Gasteiger partial charge in [-0.1, -0.05) is 58.3 Å². The molecule has 0 saturated heterocycles. The molecule has 1 aromatic carbocycles. The molecule has 0 bridgehead atoms. The summed E-state index contributed by atoms with van der Waals surface area (Å²) in [5.41, 5.74) is 5.40. The Morgan fingerprint density at radius 1 is 1.42 bits per heavy atom. The molecular weight excluding hydrogens is 395 g/mol. The molecule has 0 heterocycles. The molecule has 1 rings (SSSR count). The Morgan fingerprint density at radius 2 is 1.89 bits per heavy atom. The zero-order chi connectivity index (χ0) is 14.8. The van der Waals surface area contributed by atoms with E-state index in [4.69, 9.17) is 41.2 Å². The van der Waals surface area contributed by atoms with Crippen LogP contribution in [0.25, 0.3) is 0 Å². The zero-order valence-corrected chi connectivity index (χ0v) is 14.6. The van der Waals surface area contributed by atoms with Crippen molar-refractivity contribution < 1.29 is 8.42 Å². The molecule has 4 nitrogen and oxygen atoms in total. The molecule has 0 aliphatic heterocycles. The van der Waals surface area contributed by atoms with Gasteiger partial charge in [-0.15, -0.1) is 0 Å². The van der Waals surface area contributed by atoms with Crippen LogP contribution in [0.5, 0.6) is 0 Å². The zero-order valence-electron chi connectivity index (χ0n) is 9.86. The fourth-order valence-corrected chi connectivity index (χ4v) is 4.99. The Bertz CT molecular complexity index is 585. The molecule has 0 spiro atoms. The monoisotopic (exact) mass is 404 g/mol. The molecule has 106 valence electrons. The van der Waals surface area contributed by atoms with Gasteiger partial charge in [0, 0.05) is 11.0 Å². The van der Waals surface area contributed by atoms with E-state index < -0.39 is 10.0 Å². The Kier molecular flexibility index (Phi) is 6.03. The fourth-order valence-electron chi connectivity index (χ4n) is 1.45. The van der Waals surface area contributed by atoms with Crippen molar-refractivity contribution in [1.29, 1.82) is 0 Å². The average molecular weight is 406 g/mol. The van der Waals surface area contributed by atoms with E-state index in [0.717, 1.165) is 4.31 Å². The van der Waals surface area contributed by atoms with Crippen molar-refractivity contribution >= 4 is 66.4 Å². The maximum atomic E-state index is 12.5. The van der Waals surface area contributed by atoms with Crippen LogP contribution in [0.2, 0.25) is 10.0 Å². The van der Waals surface area contributed by atoms with Crippen molar-refractivity contribution in [2.75, 3.05) is 13.1 Å². The minimum Gasteiger partial charge on any atom is -0.392 e. The first-order chi connectivity index (χ1) is 8.70. The highest BCUT2D eigenvalue weighted by Crippen LogP contribution is 2.34. The first-order valence-corrected chi connectivity index (χ1v) is 8.52. The normalized spacial score (nSPS) is 11.8. The first-order valence-electron chi connectivity index (χ1n) is 5.13. The van der Waals surface area contributed by atoms with E-state index >= 15 is 0 Å². The van der Waals surface area contributed by atoms with Crippen molar-refractivity contribution in [3.63, 3.8) is 0 Å². The minimum absolute atomic E-state index is 0.0424. The van der Waals surface area contributed by atoms with Crippen LogP contribution in [0.1, 0.15) is 6.92 Å². The lowest BCUT2D eigenvalue weighted by molar-refractivity contribution is 0.468. The number of hydrogen-bond acceptors (Lipinski definition) is 3. The predicted molar refractivity (Wildman–Crippen MR) is 85.4 cm³/mol. The van der Waals surface area contributed by atoms with Crippen LogP contribution < -0.4 is 5.73 Å². The third kappa shape index (κ3) is 4.03. The number of nitrogens with two attached hydrogens (primary N) is 1. The van der Waals surface area contributed by atoms with Gasteiger partial charge in [0.2, 0.25) is 10.0 Å². The summed E-state index contributed by atoms with van der Waals surface area (Å²) in [5.74, 6) is 0. The van der Waals surface area contributed by atoms with E-state index in [1.54, 1.807) is 6.92 Å². The third-order valence-electron chi connectivity index (χ3n) is 2.25. The average Bonchev–Trinajstić information content (AvgIpc) is 2.23. The third-order valence-corrected chi connectivity index (χ3v) is 5.68. The Hall–Kier alpha value is 0.0800. The van der Waals surface area contributed by atoms with Crippen LogP contribution in [0.15, 0.2) is 21.5 Å². The van der Waals surface area contributed by atoms with Gasteiger partial charge >= 0.3 is 0 Å². The van der Waals surface area contributed by atoms with E-state index in [1.807, 2.05) is 0 Å². The second-order valence-electron chi connectivity index (χ2n) is 3.60. The second kappa shape index (κ2) is 6.69. The molecule has 0 aliphatic rings. The van der Waals surface area contributed by atoms with E-state index in [2.05, 4.69) is 15.9 Å². The molecule has 0 unspecified atom stereocenters. The molecule has 0 amide bonds. The summed E-state index contributed by atoms with van der Waals surface area (Å²) in [6, 6.07) is 2.93. The molecule has 19 heavy (non-hydrogen) atoms. The largest absolute Gasteiger partial charge is 0.392 e. The number of likely N-dealkylation sites (N-methyl/N-ethyl adjacent to an activating group) is 1. The number of nitrogens with zero attached hydrogens (tertiary/aromatic N) is 1. The van der Waals surface area contributed by atoms with Crippen molar-refractivity contribution in [3.05, 3.63) is 26.7 Å². The molecule has 0 fully saturated rings. The number of halogens is 3. The van der Waals surface area contributed by atoms with Crippen molar-refractivity contribution in [2.24, 2.45) is 5.73 Å². The smallest absolute Gasteiger partial charge is 0.246 e. The molecule has 2 N–H and O–H groups in total. The van der Waals surface area contributed by atoms with Crippen LogP contribution >= 0.6 is 51.3 Å². The van der Waals surface area contributed by atoms with Crippen LogP contribution in [-0.2, 0) is 10.0 Å². The maximum absolute atomic E-state index is 12.5. The molecule has 0 atom stereocenters. The van der Waals surface area contributed by atoms with E-state index in [0.29, 0.717) is 4.47 Å². The molecule has 0 aliphatic carbocycles. The highest BCUT2D eigenvalue weighted by Gasteiger charge is 2.28.